The smallest absolute Gasteiger partial charge is 0.435 e. The third kappa shape index (κ3) is 4.67. The van der Waals surface area contributed by atoms with Crippen molar-refractivity contribution >= 4 is 24.5 Å². The zero-order valence-corrected chi connectivity index (χ0v) is 19.4. The Morgan fingerprint density at radius 1 is 1.19 bits per heavy atom. The third-order valence-corrected chi connectivity index (χ3v) is 11.1. The van der Waals surface area contributed by atoms with Crippen LogP contribution in [0.1, 0.15) is 48.0 Å². The molecule has 154 valence electrons. The largest absolute Gasteiger partial charge is 0.514 e. The molecule has 0 aromatic heterocycles. The van der Waals surface area contributed by atoms with Gasteiger partial charge in [-0.15, -0.1) is 0 Å². The maximum Gasteiger partial charge on any atom is 0.514 e. The molecule has 1 aliphatic heterocycles. The predicted octanol–water partition coefficient (Wildman–Crippen LogP) is 3.42. The normalized spacial score (nSPS) is 28.3. The first-order valence-electron chi connectivity index (χ1n) is 8.99. The summed E-state index contributed by atoms with van der Waals surface area (Å²) in [5, 5.41) is 10.1. The van der Waals surface area contributed by atoms with Gasteiger partial charge in [0.15, 0.2) is 8.32 Å². The molecule has 1 saturated heterocycles. The van der Waals surface area contributed by atoms with Crippen LogP contribution in [0.15, 0.2) is 0 Å². The number of hydrogen-bond acceptors (Lipinski definition) is 5. The van der Waals surface area contributed by atoms with Crippen LogP contribution >= 0.6 is 0 Å². The van der Waals surface area contributed by atoms with E-state index in [-0.39, 0.29) is 22.2 Å². The molecule has 1 aliphatic rings. The molecule has 1 rings (SSSR count). The first-order valence-corrected chi connectivity index (χ1v) is 13.7. The molecule has 1 amide bonds. The topological polar surface area (TPSA) is 89.9 Å². The number of carbonyl (C=O) groups is 1. The van der Waals surface area contributed by atoms with Gasteiger partial charge in [-0.2, -0.15) is 13.2 Å². The fraction of sp³-hybridized carbons (Fsp3) is 0.941. The van der Waals surface area contributed by atoms with Gasteiger partial charge >= 0.3 is 6.09 Å². The monoisotopic (exact) mass is 410 g/mol. The number of rotatable bonds is 5. The lowest BCUT2D eigenvalue weighted by Gasteiger charge is -2.46. The van der Waals surface area contributed by atoms with Crippen molar-refractivity contribution in [1.82, 2.24) is 0 Å². The summed E-state index contributed by atoms with van der Waals surface area (Å²) in [5.41, 5.74) is -0.622. The molecule has 0 aromatic carbocycles. The minimum absolute atomic E-state index is 0.0293. The van der Waals surface area contributed by atoms with E-state index >= 15 is 0 Å². The van der Waals surface area contributed by atoms with E-state index in [0.717, 1.165) is 6.26 Å². The zero-order valence-electron chi connectivity index (χ0n) is 17.6. The van der Waals surface area contributed by atoms with E-state index in [1.54, 1.807) is 0 Å². The summed E-state index contributed by atoms with van der Waals surface area (Å²) >= 11 is 0. The van der Waals surface area contributed by atoms with E-state index in [0.29, 0.717) is 13.0 Å². The van der Waals surface area contributed by atoms with E-state index in [2.05, 4.69) is 33.9 Å². The van der Waals surface area contributed by atoms with Crippen LogP contribution in [0, 0.1) is 0 Å². The molecule has 1 N–H and O–H groups in total. The summed E-state index contributed by atoms with van der Waals surface area (Å²) in [6, 6.07) is -0.587. The van der Waals surface area contributed by atoms with Gasteiger partial charge in [0.25, 0.3) is 10.1 Å². The fourth-order valence-electron chi connectivity index (χ4n) is 3.45. The Hall–Kier alpha value is -0.483. The molecular weight excluding hydrogens is 374 g/mol. The molecular formula is C17H36NO6SSi+. The van der Waals surface area contributed by atoms with Crippen LogP contribution in [0.25, 0.3) is 0 Å². The lowest BCUT2D eigenvalue weighted by molar-refractivity contribution is -0.916. The van der Waals surface area contributed by atoms with Crippen LogP contribution in [-0.4, -0.2) is 69.5 Å². The van der Waals surface area contributed by atoms with Crippen molar-refractivity contribution in [2.45, 2.75) is 83.8 Å². The second kappa shape index (κ2) is 7.16. The molecule has 0 aromatic rings. The predicted molar refractivity (Wildman–Crippen MR) is 104 cm³/mol. The number of nitrogens with zero attached hydrogens (tertiary/aromatic N) is 1. The number of quaternary nitrogens is 1. The minimum atomic E-state index is -3.68. The average Bonchev–Trinajstić information content (AvgIpc) is 2.72. The highest BCUT2D eigenvalue weighted by Gasteiger charge is 2.62. The molecule has 0 radical (unpaired) electrons. The van der Waals surface area contributed by atoms with Crippen LogP contribution < -0.4 is 0 Å². The Kier molecular flexibility index (Phi) is 6.49. The van der Waals surface area contributed by atoms with Crippen LogP contribution in [-0.2, 0) is 18.7 Å². The highest BCUT2D eigenvalue weighted by molar-refractivity contribution is 7.85. The van der Waals surface area contributed by atoms with E-state index in [1.165, 1.54) is 0 Å². The summed E-state index contributed by atoms with van der Waals surface area (Å²) in [6.07, 6.45) is 0.223. The lowest BCUT2D eigenvalue weighted by atomic mass is 9.99. The van der Waals surface area contributed by atoms with E-state index in [4.69, 9.17) is 8.61 Å². The third-order valence-electron chi connectivity index (χ3n) is 6.01. The summed E-state index contributed by atoms with van der Waals surface area (Å²) in [5.74, 6) is 0. The summed E-state index contributed by atoms with van der Waals surface area (Å²) in [7, 11) is -5.83. The van der Waals surface area contributed by atoms with Crippen molar-refractivity contribution < 1.29 is 31.4 Å². The van der Waals surface area contributed by atoms with Gasteiger partial charge < -0.3 is 9.53 Å². The Balaban J connectivity index is 3.33. The Morgan fingerprint density at radius 2 is 1.69 bits per heavy atom. The molecule has 0 bridgehead atoms. The summed E-state index contributed by atoms with van der Waals surface area (Å²) in [6.45, 7) is 16.4. The molecule has 7 nitrogen and oxygen atoms in total. The first-order chi connectivity index (χ1) is 11.4. The van der Waals surface area contributed by atoms with E-state index in [9.17, 15) is 18.3 Å². The van der Waals surface area contributed by atoms with Crippen LogP contribution in [0.2, 0.25) is 18.1 Å². The Bertz CT molecular complexity index is 635. The van der Waals surface area contributed by atoms with Gasteiger partial charge in [0.1, 0.15) is 24.3 Å². The van der Waals surface area contributed by atoms with Crippen molar-refractivity contribution in [1.29, 1.82) is 0 Å². The molecule has 1 heterocycles. The number of amides is 1. The number of hydrogen-bond donors (Lipinski definition) is 1. The van der Waals surface area contributed by atoms with Gasteiger partial charge in [-0.05, 0) is 38.9 Å². The summed E-state index contributed by atoms with van der Waals surface area (Å²) in [4.78, 5) is 12.3. The fourth-order valence-corrected chi connectivity index (χ4v) is 5.22. The van der Waals surface area contributed by atoms with Gasteiger partial charge in [0, 0.05) is 6.42 Å². The molecule has 0 spiro atoms. The Morgan fingerprint density at radius 3 is 2.04 bits per heavy atom. The first kappa shape index (κ1) is 23.6. The second-order valence-electron chi connectivity index (χ2n) is 9.81. The SMILES string of the molecule is CC(C)(C)[N+]1(C(=O)O)CC[C@H](O[Si](C)(C)C(C)(C)C)[C@H]1COS(C)(=O)=O. The maximum absolute atomic E-state index is 12.3. The quantitative estimate of drug-likeness (QED) is 0.424. The Labute approximate surface area is 159 Å². The number of carboxylic acid groups (broad SMARTS) is 1. The van der Waals surface area contributed by atoms with Gasteiger partial charge in [-0.25, -0.2) is 4.48 Å². The highest BCUT2D eigenvalue weighted by Crippen LogP contribution is 2.43. The molecule has 0 aliphatic carbocycles. The maximum atomic E-state index is 12.3. The van der Waals surface area contributed by atoms with Crippen molar-refractivity contribution in [2.75, 3.05) is 19.4 Å². The van der Waals surface area contributed by atoms with Gasteiger partial charge in [-0.1, -0.05) is 20.8 Å². The van der Waals surface area contributed by atoms with E-state index in [1.807, 2.05) is 20.8 Å². The molecule has 3 atom stereocenters. The molecule has 1 fully saturated rings. The van der Waals surface area contributed by atoms with Crippen molar-refractivity contribution in [3.8, 4) is 0 Å². The average molecular weight is 411 g/mol. The second-order valence-corrected chi connectivity index (χ2v) is 16.2. The lowest BCUT2D eigenvalue weighted by Crippen LogP contribution is -2.68. The minimum Gasteiger partial charge on any atom is -0.435 e. The van der Waals surface area contributed by atoms with Crippen molar-refractivity contribution in [3.05, 3.63) is 0 Å². The summed E-state index contributed by atoms with van der Waals surface area (Å²) < 4.78 is 34.5. The molecule has 0 saturated carbocycles. The van der Waals surface area contributed by atoms with Gasteiger partial charge in [0.05, 0.1) is 12.8 Å². The van der Waals surface area contributed by atoms with Crippen LogP contribution in [0.5, 0.6) is 0 Å². The van der Waals surface area contributed by atoms with Crippen molar-refractivity contribution in [2.24, 2.45) is 0 Å². The van der Waals surface area contributed by atoms with Crippen LogP contribution in [0.4, 0.5) is 4.79 Å². The van der Waals surface area contributed by atoms with Gasteiger partial charge in [0.2, 0.25) is 0 Å². The van der Waals surface area contributed by atoms with Crippen molar-refractivity contribution in [3.63, 3.8) is 0 Å². The molecule has 26 heavy (non-hydrogen) atoms. The van der Waals surface area contributed by atoms with Gasteiger partial charge in [-0.3, -0.25) is 4.18 Å². The van der Waals surface area contributed by atoms with E-state index < -0.39 is 36.1 Å². The zero-order chi connectivity index (χ0) is 20.8. The molecule has 9 heteroatoms. The number of likely N-dealkylation sites (tertiary alicyclic amines) is 1. The highest BCUT2D eigenvalue weighted by atomic mass is 32.2. The van der Waals surface area contributed by atoms with Crippen LogP contribution in [0.3, 0.4) is 0 Å². The molecule has 1 unspecified atom stereocenters. The standard InChI is InChI=1S/C17H35NO6SSi/c1-16(2,3)18(15(19)20)11-10-14(13(18)12-23-25(7,21)22)24-26(8,9)17(4,5)6/h13-14H,10-12H2,1-9H3/p+1/t13-,14+,18?/m1/s1.